The molecule has 0 bridgehead atoms. The number of nitrogens with one attached hydrogen (secondary N) is 1. The van der Waals surface area contributed by atoms with Crippen LogP contribution in [0, 0.1) is 6.92 Å². The van der Waals surface area contributed by atoms with E-state index in [9.17, 15) is 0 Å². The molecule has 0 radical (unpaired) electrons. The SMILES string of the molecule is COCCNCc1cn(C)nc1-c1nccnc1C. The third kappa shape index (κ3) is 3.36. The molecule has 0 spiro atoms. The molecule has 0 saturated carbocycles. The lowest BCUT2D eigenvalue weighted by Gasteiger charge is -2.05. The van der Waals surface area contributed by atoms with Crippen LogP contribution in [0.3, 0.4) is 0 Å². The maximum Gasteiger partial charge on any atom is 0.117 e. The van der Waals surface area contributed by atoms with Gasteiger partial charge in [-0.05, 0) is 6.92 Å². The van der Waals surface area contributed by atoms with E-state index in [-0.39, 0.29) is 0 Å². The van der Waals surface area contributed by atoms with Gasteiger partial charge < -0.3 is 10.1 Å². The van der Waals surface area contributed by atoms with Gasteiger partial charge in [0.1, 0.15) is 11.4 Å². The molecule has 6 nitrogen and oxygen atoms in total. The number of hydrogen-bond acceptors (Lipinski definition) is 5. The van der Waals surface area contributed by atoms with E-state index in [4.69, 9.17) is 4.74 Å². The Morgan fingerprint density at radius 1 is 1.26 bits per heavy atom. The highest BCUT2D eigenvalue weighted by Crippen LogP contribution is 2.21. The van der Waals surface area contributed by atoms with E-state index in [1.54, 1.807) is 24.2 Å². The number of ether oxygens (including phenoxy) is 1. The Bertz CT molecular complexity index is 538. The summed E-state index contributed by atoms with van der Waals surface area (Å²) < 4.78 is 6.82. The second-order valence-corrected chi connectivity index (χ2v) is 4.34. The van der Waals surface area contributed by atoms with Crippen LogP contribution in [0.2, 0.25) is 0 Å². The van der Waals surface area contributed by atoms with Crippen LogP contribution in [0.4, 0.5) is 0 Å². The minimum Gasteiger partial charge on any atom is -0.383 e. The molecule has 102 valence electrons. The van der Waals surface area contributed by atoms with Gasteiger partial charge in [0.25, 0.3) is 0 Å². The van der Waals surface area contributed by atoms with E-state index in [0.29, 0.717) is 6.61 Å². The Kier molecular flexibility index (Phi) is 4.59. The topological polar surface area (TPSA) is 64.9 Å². The highest BCUT2D eigenvalue weighted by atomic mass is 16.5. The number of nitrogens with zero attached hydrogens (tertiary/aromatic N) is 4. The Morgan fingerprint density at radius 3 is 2.79 bits per heavy atom. The molecule has 2 heterocycles. The van der Waals surface area contributed by atoms with Gasteiger partial charge in [-0.3, -0.25) is 14.6 Å². The van der Waals surface area contributed by atoms with Gasteiger partial charge in [-0.25, -0.2) is 0 Å². The summed E-state index contributed by atoms with van der Waals surface area (Å²) in [6, 6.07) is 0. The summed E-state index contributed by atoms with van der Waals surface area (Å²) in [5, 5.41) is 7.80. The van der Waals surface area contributed by atoms with E-state index in [2.05, 4.69) is 20.4 Å². The van der Waals surface area contributed by atoms with E-state index in [1.807, 2.05) is 20.2 Å². The molecular formula is C13H19N5O. The van der Waals surface area contributed by atoms with E-state index < -0.39 is 0 Å². The number of aromatic nitrogens is 4. The molecule has 19 heavy (non-hydrogen) atoms. The third-order valence-corrected chi connectivity index (χ3v) is 2.81. The first-order valence-corrected chi connectivity index (χ1v) is 6.22. The number of hydrogen-bond donors (Lipinski definition) is 1. The summed E-state index contributed by atoms with van der Waals surface area (Å²) in [5.74, 6) is 0. The van der Waals surface area contributed by atoms with E-state index in [0.717, 1.165) is 35.7 Å². The molecule has 0 saturated heterocycles. The van der Waals surface area contributed by atoms with Crippen LogP contribution in [0.1, 0.15) is 11.3 Å². The molecule has 6 heteroatoms. The van der Waals surface area contributed by atoms with Crippen molar-refractivity contribution in [1.29, 1.82) is 0 Å². The lowest BCUT2D eigenvalue weighted by molar-refractivity contribution is 0.199. The van der Waals surface area contributed by atoms with Crippen molar-refractivity contribution in [3.63, 3.8) is 0 Å². The fourth-order valence-electron chi connectivity index (χ4n) is 1.90. The second-order valence-electron chi connectivity index (χ2n) is 4.34. The molecule has 0 aromatic carbocycles. The molecule has 2 aromatic heterocycles. The Morgan fingerprint density at radius 2 is 2.05 bits per heavy atom. The van der Waals surface area contributed by atoms with Crippen LogP contribution >= 0.6 is 0 Å². The lowest BCUT2D eigenvalue weighted by atomic mass is 10.1. The van der Waals surface area contributed by atoms with Crippen LogP contribution in [-0.2, 0) is 18.3 Å². The predicted molar refractivity (Wildman–Crippen MR) is 72.6 cm³/mol. The Hall–Kier alpha value is -1.79. The van der Waals surface area contributed by atoms with Gasteiger partial charge in [0.15, 0.2) is 0 Å². The summed E-state index contributed by atoms with van der Waals surface area (Å²) in [6.45, 7) is 4.19. The number of rotatable bonds is 6. The average Bonchev–Trinajstić information content (AvgIpc) is 2.76. The van der Waals surface area contributed by atoms with Gasteiger partial charge in [-0.2, -0.15) is 5.10 Å². The zero-order valence-corrected chi connectivity index (χ0v) is 11.6. The van der Waals surface area contributed by atoms with Crippen LogP contribution in [0.5, 0.6) is 0 Å². The summed E-state index contributed by atoms with van der Waals surface area (Å²) in [4.78, 5) is 8.64. The molecule has 0 aliphatic carbocycles. The molecule has 2 rings (SSSR count). The van der Waals surface area contributed by atoms with Crippen molar-refractivity contribution in [3.8, 4) is 11.4 Å². The first kappa shape index (κ1) is 13.6. The van der Waals surface area contributed by atoms with Gasteiger partial charge in [0.2, 0.25) is 0 Å². The monoisotopic (exact) mass is 261 g/mol. The van der Waals surface area contributed by atoms with Crippen molar-refractivity contribution in [3.05, 3.63) is 29.8 Å². The molecule has 0 fully saturated rings. The fraction of sp³-hybridized carbons (Fsp3) is 0.462. The minimum atomic E-state index is 0.694. The molecule has 2 aromatic rings. The highest BCUT2D eigenvalue weighted by molar-refractivity contribution is 5.60. The molecule has 0 aliphatic rings. The summed E-state index contributed by atoms with van der Waals surface area (Å²) in [5.41, 5.74) is 3.73. The first-order valence-electron chi connectivity index (χ1n) is 6.22. The molecule has 1 N–H and O–H groups in total. The lowest BCUT2D eigenvalue weighted by Crippen LogP contribution is -2.18. The van der Waals surface area contributed by atoms with Crippen molar-refractivity contribution in [2.45, 2.75) is 13.5 Å². The van der Waals surface area contributed by atoms with Crippen LogP contribution < -0.4 is 5.32 Å². The Balaban J connectivity index is 2.19. The summed E-state index contributed by atoms with van der Waals surface area (Å²) in [7, 11) is 3.61. The maximum atomic E-state index is 5.01. The zero-order chi connectivity index (χ0) is 13.7. The summed E-state index contributed by atoms with van der Waals surface area (Å²) in [6.07, 6.45) is 5.39. The molecule has 0 amide bonds. The van der Waals surface area contributed by atoms with Gasteiger partial charge in [0, 0.05) is 51.4 Å². The van der Waals surface area contributed by atoms with Gasteiger partial charge in [-0.15, -0.1) is 0 Å². The Labute approximate surface area is 112 Å². The second kappa shape index (κ2) is 6.40. The molecule has 0 unspecified atom stereocenters. The average molecular weight is 261 g/mol. The van der Waals surface area contributed by atoms with Crippen molar-refractivity contribution >= 4 is 0 Å². The van der Waals surface area contributed by atoms with Gasteiger partial charge in [0.05, 0.1) is 12.3 Å². The molecule has 0 atom stereocenters. The third-order valence-electron chi connectivity index (χ3n) is 2.81. The normalized spacial score (nSPS) is 10.9. The van der Waals surface area contributed by atoms with Crippen LogP contribution in [-0.4, -0.2) is 40.0 Å². The van der Waals surface area contributed by atoms with Crippen molar-refractivity contribution in [2.24, 2.45) is 7.05 Å². The first-order chi connectivity index (χ1) is 9.22. The van der Waals surface area contributed by atoms with Gasteiger partial charge in [-0.1, -0.05) is 0 Å². The quantitative estimate of drug-likeness (QED) is 0.783. The highest BCUT2D eigenvalue weighted by Gasteiger charge is 2.13. The van der Waals surface area contributed by atoms with Crippen molar-refractivity contribution in [2.75, 3.05) is 20.3 Å². The molecular weight excluding hydrogens is 242 g/mol. The van der Waals surface area contributed by atoms with Crippen molar-refractivity contribution in [1.82, 2.24) is 25.1 Å². The van der Waals surface area contributed by atoms with E-state index >= 15 is 0 Å². The largest absolute Gasteiger partial charge is 0.383 e. The standard InChI is InChI=1S/C13H19N5O/c1-10-12(16-5-4-15-10)13-11(9-18(2)17-13)8-14-6-7-19-3/h4-5,9,14H,6-8H2,1-3H3. The van der Waals surface area contributed by atoms with Crippen molar-refractivity contribution < 1.29 is 4.74 Å². The minimum absolute atomic E-state index is 0.694. The number of aryl methyl sites for hydroxylation is 2. The predicted octanol–water partition coefficient (Wildman–Crippen LogP) is 0.922. The summed E-state index contributed by atoms with van der Waals surface area (Å²) >= 11 is 0. The van der Waals surface area contributed by atoms with E-state index in [1.165, 1.54) is 0 Å². The van der Waals surface area contributed by atoms with Crippen LogP contribution in [0.25, 0.3) is 11.4 Å². The smallest absolute Gasteiger partial charge is 0.117 e. The van der Waals surface area contributed by atoms with Gasteiger partial charge >= 0.3 is 0 Å². The maximum absolute atomic E-state index is 5.01. The van der Waals surface area contributed by atoms with Crippen LogP contribution in [0.15, 0.2) is 18.6 Å². The molecule has 0 aliphatic heterocycles. The fourth-order valence-corrected chi connectivity index (χ4v) is 1.90. The number of methoxy groups -OCH3 is 1. The zero-order valence-electron chi connectivity index (χ0n) is 11.6.